The molecule has 0 bridgehead atoms. The zero-order valence-electron chi connectivity index (χ0n) is 43.2. The van der Waals surface area contributed by atoms with Gasteiger partial charge in [-0.15, -0.1) is 11.3 Å². The number of fused-ring (bicyclic) bond motifs is 1. The van der Waals surface area contributed by atoms with E-state index in [1.807, 2.05) is 0 Å². The Kier molecular flexibility index (Phi) is 12.9. The van der Waals surface area contributed by atoms with Crippen LogP contribution in [-0.2, 0) is 32.5 Å². The van der Waals surface area contributed by atoms with Crippen LogP contribution < -0.4 is 9.80 Å². The van der Waals surface area contributed by atoms with Crippen LogP contribution in [0.1, 0.15) is 158 Å². The Morgan fingerprint density at radius 1 is 0.379 bits per heavy atom. The standard InChI is InChI=1S/C61H74ClN3S/c1-56(2,3)40-24-22-39(23-25-40)55-63-50-31-30-48(38-53(50)66-55)65(49-34-43(59(10,11)12)32-44(35-49)60(13,14)15)52-37-45(61(16,17)18)36-51(54(52)62)64(46-28-26-41(27-29-46)57(4,5)6)47-21-19-20-42(33-47)58(7,8)9/h19-38H,1-18H3. The molecular formula is C61H74ClN3S. The third-order valence-electron chi connectivity index (χ3n) is 12.9. The quantitative estimate of drug-likeness (QED) is 0.159. The molecule has 0 saturated heterocycles. The van der Waals surface area contributed by atoms with Crippen LogP contribution in [0.4, 0.5) is 34.1 Å². The minimum Gasteiger partial charge on any atom is -0.309 e. The molecule has 66 heavy (non-hydrogen) atoms. The molecule has 0 radical (unpaired) electrons. The van der Waals surface area contributed by atoms with Gasteiger partial charge in [0.1, 0.15) is 5.01 Å². The van der Waals surface area contributed by atoms with E-state index in [9.17, 15) is 0 Å². The van der Waals surface area contributed by atoms with Gasteiger partial charge in [-0.25, -0.2) is 4.98 Å². The number of benzene rings is 6. The molecular weight excluding hydrogens is 842 g/mol. The predicted molar refractivity (Wildman–Crippen MR) is 292 cm³/mol. The molecule has 0 saturated carbocycles. The van der Waals surface area contributed by atoms with Gasteiger partial charge in [-0.1, -0.05) is 191 Å². The molecule has 5 heteroatoms. The van der Waals surface area contributed by atoms with Crippen molar-refractivity contribution in [2.45, 2.75) is 157 Å². The van der Waals surface area contributed by atoms with Gasteiger partial charge in [0, 0.05) is 28.3 Å². The highest BCUT2D eigenvalue weighted by molar-refractivity contribution is 7.21. The fourth-order valence-corrected chi connectivity index (χ4v) is 9.61. The molecule has 0 spiro atoms. The lowest BCUT2D eigenvalue weighted by atomic mass is 9.80. The van der Waals surface area contributed by atoms with Crippen LogP contribution >= 0.6 is 22.9 Å². The molecule has 346 valence electrons. The highest BCUT2D eigenvalue weighted by Crippen LogP contribution is 2.51. The minimum atomic E-state index is -0.211. The van der Waals surface area contributed by atoms with Gasteiger partial charge in [-0.05, 0) is 133 Å². The average Bonchev–Trinajstić information content (AvgIpc) is 3.64. The minimum absolute atomic E-state index is 0.0112. The lowest BCUT2D eigenvalue weighted by Gasteiger charge is -2.35. The summed E-state index contributed by atoms with van der Waals surface area (Å²) in [6.45, 7) is 41.2. The molecule has 0 aliphatic carbocycles. The van der Waals surface area contributed by atoms with Crippen LogP contribution in [-0.4, -0.2) is 4.98 Å². The van der Waals surface area contributed by atoms with Crippen LogP contribution in [0.25, 0.3) is 20.8 Å². The second kappa shape index (κ2) is 17.3. The Balaban J connectivity index is 1.54. The molecule has 0 fully saturated rings. The van der Waals surface area contributed by atoms with Crippen LogP contribution in [0.15, 0.2) is 121 Å². The van der Waals surface area contributed by atoms with Gasteiger partial charge in [0.15, 0.2) is 0 Å². The first-order chi connectivity index (χ1) is 30.4. The zero-order chi connectivity index (χ0) is 48.5. The molecule has 0 amide bonds. The van der Waals surface area contributed by atoms with Crippen molar-refractivity contribution in [3.63, 3.8) is 0 Å². The molecule has 6 aromatic carbocycles. The predicted octanol–water partition coefficient (Wildman–Crippen LogP) is 19.3. The van der Waals surface area contributed by atoms with Gasteiger partial charge >= 0.3 is 0 Å². The smallest absolute Gasteiger partial charge is 0.124 e. The first kappa shape index (κ1) is 49.0. The first-order valence-corrected chi connectivity index (χ1v) is 24.9. The Hall–Kier alpha value is -4.90. The first-order valence-electron chi connectivity index (χ1n) is 23.7. The molecule has 0 aliphatic rings. The molecule has 3 nitrogen and oxygen atoms in total. The molecule has 0 atom stereocenters. The second-order valence-electron chi connectivity index (χ2n) is 24.6. The number of nitrogens with zero attached hydrogens (tertiary/aromatic N) is 3. The number of aromatic nitrogens is 1. The van der Waals surface area contributed by atoms with E-state index in [-0.39, 0.29) is 32.5 Å². The maximum atomic E-state index is 8.17. The van der Waals surface area contributed by atoms with Crippen LogP contribution in [0.3, 0.4) is 0 Å². The summed E-state index contributed by atoms with van der Waals surface area (Å²) < 4.78 is 1.12. The summed E-state index contributed by atoms with van der Waals surface area (Å²) in [5.41, 5.74) is 15.4. The lowest BCUT2D eigenvalue weighted by Crippen LogP contribution is -2.21. The van der Waals surface area contributed by atoms with Crippen molar-refractivity contribution < 1.29 is 0 Å². The van der Waals surface area contributed by atoms with Crippen molar-refractivity contribution in [2.75, 3.05) is 9.80 Å². The molecule has 0 N–H and O–H groups in total. The summed E-state index contributed by atoms with van der Waals surface area (Å²) in [5, 5.41) is 1.69. The Labute approximate surface area is 407 Å². The fourth-order valence-electron chi connectivity index (χ4n) is 8.32. The third kappa shape index (κ3) is 10.5. The SMILES string of the molecule is CC(C)(C)c1ccc(-c2nc3ccc(N(c4cc(C(C)(C)C)cc(C(C)(C)C)c4)c4cc(C(C)(C)C)cc(N(c5ccc(C(C)(C)C)cc5)c5cccc(C(C)(C)C)c5)c4Cl)cc3s2)cc1. The highest BCUT2D eigenvalue weighted by Gasteiger charge is 2.30. The van der Waals surface area contributed by atoms with Crippen LogP contribution in [0.5, 0.6) is 0 Å². The maximum absolute atomic E-state index is 8.17. The van der Waals surface area contributed by atoms with E-state index in [0.29, 0.717) is 5.02 Å². The number of hydrogen-bond acceptors (Lipinski definition) is 4. The van der Waals surface area contributed by atoms with Crippen molar-refractivity contribution in [3.05, 3.63) is 160 Å². The fraction of sp³-hybridized carbons (Fsp3) is 0.393. The monoisotopic (exact) mass is 916 g/mol. The third-order valence-corrected chi connectivity index (χ3v) is 14.3. The average molecular weight is 917 g/mol. The van der Waals surface area contributed by atoms with Crippen molar-refractivity contribution in [1.29, 1.82) is 0 Å². The molecule has 1 aromatic heterocycles. The van der Waals surface area contributed by atoms with E-state index < -0.39 is 0 Å². The van der Waals surface area contributed by atoms with Crippen molar-refractivity contribution in [1.82, 2.24) is 4.98 Å². The Morgan fingerprint density at radius 3 is 1.27 bits per heavy atom. The summed E-state index contributed by atoms with van der Waals surface area (Å²) in [7, 11) is 0. The van der Waals surface area contributed by atoms with Crippen molar-refractivity contribution in [3.8, 4) is 10.6 Å². The van der Waals surface area contributed by atoms with E-state index in [0.717, 1.165) is 54.9 Å². The van der Waals surface area contributed by atoms with E-state index >= 15 is 0 Å². The molecule has 0 aliphatic heterocycles. The normalized spacial score (nSPS) is 13.1. The highest BCUT2D eigenvalue weighted by atomic mass is 35.5. The summed E-state index contributed by atoms with van der Waals surface area (Å²) in [6, 6.07) is 45.5. The van der Waals surface area contributed by atoms with E-state index in [1.54, 1.807) is 11.3 Å². The number of halogens is 1. The summed E-state index contributed by atoms with van der Waals surface area (Å²) in [5.74, 6) is 0. The van der Waals surface area contributed by atoms with Gasteiger partial charge in [0.05, 0.1) is 26.6 Å². The molecule has 7 aromatic rings. The summed E-state index contributed by atoms with van der Waals surface area (Å²) in [4.78, 5) is 9.98. The van der Waals surface area contributed by atoms with E-state index in [1.165, 1.54) is 33.4 Å². The number of hydrogen-bond donors (Lipinski definition) is 0. The van der Waals surface area contributed by atoms with Gasteiger partial charge < -0.3 is 9.80 Å². The topological polar surface area (TPSA) is 19.4 Å². The van der Waals surface area contributed by atoms with Gasteiger partial charge in [0.25, 0.3) is 0 Å². The van der Waals surface area contributed by atoms with E-state index in [4.69, 9.17) is 16.6 Å². The maximum Gasteiger partial charge on any atom is 0.124 e. The van der Waals surface area contributed by atoms with Gasteiger partial charge in [0.2, 0.25) is 0 Å². The Bertz CT molecular complexity index is 2830. The molecule has 1 heterocycles. The van der Waals surface area contributed by atoms with Gasteiger partial charge in [-0.3, -0.25) is 0 Å². The number of rotatable bonds is 7. The number of thiazole rings is 1. The summed E-state index contributed by atoms with van der Waals surface area (Å²) >= 11 is 9.91. The number of anilines is 6. The lowest BCUT2D eigenvalue weighted by molar-refractivity contribution is 0.568. The second-order valence-corrected chi connectivity index (χ2v) is 26.0. The largest absolute Gasteiger partial charge is 0.309 e. The van der Waals surface area contributed by atoms with Crippen LogP contribution in [0, 0.1) is 0 Å². The summed E-state index contributed by atoms with van der Waals surface area (Å²) in [6.07, 6.45) is 0. The Morgan fingerprint density at radius 2 is 0.788 bits per heavy atom. The molecule has 7 rings (SSSR count). The van der Waals surface area contributed by atoms with Crippen molar-refractivity contribution in [2.24, 2.45) is 0 Å². The van der Waals surface area contributed by atoms with Crippen molar-refractivity contribution >= 4 is 67.3 Å². The zero-order valence-corrected chi connectivity index (χ0v) is 44.7. The van der Waals surface area contributed by atoms with Gasteiger partial charge in [-0.2, -0.15) is 0 Å². The van der Waals surface area contributed by atoms with E-state index in [2.05, 4.69) is 256 Å². The van der Waals surface area contributed by atoms with Crippen LogP contribution in [0.2, 0.25) is 5.02 Å². The molecule has 0 unspecified atom stereocenters.